The molecule has 1 N–H and O–H groups in total. The maximum absolute atomic E-state index is 13.0. The van der Waals surface area contributed by atoms with E-state index < -0.39 is 11.7 Å². The Bertz CT molecular complexity index is 994. The van der Waals surface area contributed by atoms with E-state index in [9.17, 15) is 23.1 Å². The van der Waals surface area contributed by atoms with Crippen molar-refractivity contribution in [2.75, 3.05) is 37.6 Å². The Labute approximate surface area is 210 Å². The molecule has 0 spiro atoms. The zero-order chi connectivity index (χ0) is 24.1. The minimum absolute atomic E-state index is 0. The molecule has 9 heteroatoms. The summed E-state index contributed by atoms with van der Waals surface area (Å²) in [6.07, 6.45) is -0.921. The Morgan fingerprint density at radius 3 is 2.37 bits per heavy atom. The van der Waals surface area contributed by atoms with Crippen LogP contribution in [-0.2, 0) is 30.7 Å². The summed E-state index contributed by atoms with van der Waals surface area (Å²) in [5, 5.41) is 9.28. The summed E-state index contributed by atoms with van der Waals surface area (Å²) in [5.41, 5.74) is 3.20. The summed E-state index contributed by atoms with van der Waals surface area (Å²) in [7, 11) is 0. The number of aliphatic hydroxyl groups excluding tert-OH is 1. The van der Waals surface area contributed by atoms with Crippen LogP contribution in [0.4, 0.5) is 18.9 Å². The first-order chi connectivity index (χ1) is 16.3. The molecule has 1 amide bonds. The lowest BCUT2D eigenvalue weighted by molar-refractivity contribution is -0.137. The first-order valence-corrected chi connectivity index (χ1v) is 12.0. The van der Waals surface area contributed by atoms with Crippen molar-refractivity contribution in [2.24, 2.45) is 0 Å². The fourth-order valence-corrected chi connectivity index (χ4v) is 4.78. The van der Waals surface area contributed by atoms with Crippen LogP contribution >= 0.6 is 12.4 Å². The molecule has 0 atom stereocenters. The number of fused-ring (bicyclic) bond motifs is 1. The Balaban J connectivity index is 0.00000342. The quantitative estimate of drug-likeness (QED) is 0.515. The number of benzene rings is 2. The van der Waals surface area contributed by atoms with E-state index in [1.165, 1.54) is 12.1 Å². The van der Waals surface area contributed by atoms with E-state index in [-0.39, 0.29) is 24.9 Å². The van der Waals surface area contributed by atoms with Crippen LogP contribution in [-0.4, -0.2) is 53.5 Å². The van der Waals surface area contributed by atoms with Crippen LogP contribution in [0.5, 0.6) is 0 Å². The lowest BCUT2D eigenvalue weighted by atomic mass is 10.1. The molecule has 5 nitrogen and oxygen atoms in total. The number of rotatable bonds is 8. The molecule has 0 aliphatic carbocycles. The first-order valence-electron chi connectivity index (χ1n) is 12.0. The molecule has 0 unspecified atom stereocenters. The summed E-state index contributed by atoms with van der Waals surface area (Å²) in [4.78, 5) is 18.8. The van der Waals surface area contributed by atoms with E-state index in [0.29, 0.717) is 38.3 Å². The van der Waals surface area contributed by atoms with Gasteiger partial charge in [-0.2, -0.15) is 13.2 Å². The number of carbonyl (C=O) groups is 1. The number of hydrogen-bond donors (Lipinski definition) is 1. The molecule has 0 radical (unpaired) electrons. The van der Waals surface area contributed by atoms with Gasteiger partial charge >= 0.3 is 6.18 Å². The van der Waals surface area contributed by atoms with E-state index in [2.05, 4.69) is 4.90 Å². The largest absolute Gasteiger partial charge is 0.416 e. The lowest BCUT2D eigenvalue weighted by Crippen LogP contribution is -2.46. The molecule has 0 aromatic heterocycles. The standard InChI is InChI=1S/C26H32F3N3O2.ClH/c27-26(28,29)23-5-4-6-24(16-23)31-13-11-30(12-14-31)10-3-1-2-7-25(34)32-17-21-9-8-20(19-33)15-22(21)18-32;/h4-6,8-9,15-16,33H,1-3,7,10-14,17-19H2;1H. The minimum Gasteiger partial charge on any atom is -0.392 e. The van der Waals surface area contributed by atoms with Crippen molar-refractivity contribution in [3.05, 3.63) is 64.7 Å². The summed E-state index contributed by atoms with van der Waals surface area (Å²) in [5.74, 6) is 0.177. The van der Waals surface area contributed by atoms with Crippen molar-refractivity contribution in [3.63, 3.8) is 0 Å². The van der Waals surface area contributed by atoms with E-state index >= 15 is 0 Å². The molecule has 1 saturated heterocycles. The third kappa shape index (κ3) is 7.12. The summed E-state index contributed by atoms with van der Waals surface area (Å²) < 4.78 is 38.9. The lowest BCUT2D eigenvalue weighted by Gasteiger charge is -2.36. The van der Waals surface area contributed by atoms with E-state index in [4.69, 9.17) is 0 Å². The zero-order valence-electron chi connectivity index (χ0n) is 19.8. The monoisotopic (exact) mass is 511 g/mol. The number of anilines is 1. The molecule has 2 aromatic carbocycles. The highest BCUT2D eigenvalue weighted by Crippen LogP contribution is 2.32. The van der Waals surface area contributed by atoms with Gasteiger partial charge in [-0.25, -0.2) is 0 Å². The highest BCUT2D eigenvalue weighted by Gasteiger charge is 2.31. The molecule has 2 aliphatic rings. The molecular weight excluding hydrogens is 479 g/mol. The summed E-state index contributed by atoms with van der Waals surface area (Å²) >= 11 is 0. The van der Waals surface area contributed by atoms with Gasteiger partial charge in [-0.05, 0) is 54.3 Å². The Hall–Kier alpha value is -2.29. The number of aliphatic hydroxyl groups is 1. The summed E-state index contributed by atoms with van der Waals surface area (Å²) in [6.45, 7) is 5.33. The second kappa shape index (κ2) is 12.1. The number of unbranched alkanes of at least 4 members (excludes halogenated alkanes) is 2. The van der Waals surface area contributed by atoms with Crippen LogP contribution in [0.1, 0.15) is 47.9 Å². The number of nitrogens with zero attached hydrogens (tertiary/aromatic N) is 3. The molecule has 0 saturated carbocycles. The molecule has 2 aromatic rings. The number of piperazine rings is 1. The highest BCUT2D eigenvalue weighted by atomic mass is 35.5. The number of hydrogen-bond acceptors (Lipinski definition) is 4. The number of carbonyl (C=O) groups excluding carboxylic acids is 1. The van der Waals surface area contributed by atoms with Gasteiger partial charge in [-0.15, -0.1) is 12.4 Å². The Kier molecular flexibility index (Phi) is 9.44. The van der Waals surface area contributed by atoms with Crippen LogP contribution in [0.3, 0.4) is 0 Å². The molecule has 35 heavy (non-hydrogen) atoms. The molecule has 192 valence electrons. The maximum Gasteiger partial charge on any atom is 0.416 e. The number of alkyl halides is 3. The van der Waals surface area contributed by atoms with Crippen molar-refractivity contribution < 1.29 is 23.1 Å². The predicted molar refractivity (Wildman–Crippen MR) is 132 cm³/mol. The van der Waals surface area contributed by atoms with Gasteiger partial charge in [0, 0.05) is 51.4 Å². The molecule has 0 bridgehead atoms. The topological polar surface area (TPSA) is 47.0 Å². The molecule has 2 heterocycles. The van der Waals surface area contributed by atoms with Gasteiger partial charge in [0.05, 0.1) is 12.2 Å². The summed E-state index contributed by atoms with van der Waals surface area (Å²) in [6, 6.07) is 11.4. The van der Waals surface area contributed by atoms with Gasteiger partial charge in [0.2, 0.25) is 5.91 Å². The van der Waals surface area contributed by atoms with Gasteiger partial charge in [0.1, 0.15) is 0 Å². The fourth-order valence-electron chi connectivity index (χ4n) is 4.78. The average Bonchev–Trinajstić information content (AvgIpc) is 3.27. The zero-order valence-corrected chi connectivity index (χ0v) is 20.6. The van der Waals surface area contributed by atoms with Crippen LogP contribution in [0.2, 0.25) is 0 Å². The van der Waals surface area contributed by atoms with E-state index in [1.54, 1.807) is 6.07 Å². The van der Waals surface area contributed by atoms with Gasteiger partial charge in [-0.3, -0.25) is 9.69 Å². The van der Waals surface area contributed by atoms with Gasteiger partial charge in [-0.1, -0.05) is 30.7 Å². The normalized spacial score (nSPS) is 16.2. The fraction of sp³-hybridized carbons (Fsp3) is 0.500. The smallest absolute Gasteiger partial charge is 0.392 e. The van der Waals surface area contributed by atoms with E-state index in [0.717, 1.165) is 61.7 Å². The second-order valence-electron chi connectivity index (χ2n) is 9.20. The van der Waals surface area contributed by atoms with Crippen molar-refractivity contribution in [1.29, 1.82) is 0 Å². The van der Waals surface area contributed by atoms with Gasteiger partial charge in [0.25, 0.3) is 0 Å². The van der Waals surface area contributed by atoms with E-state index in [1.807, 2.05) is 28.0 Å². The van der Waals surface area contributed by atoms with Gasteiger partial charge in [0.15, 0.2) is 0 Å². The molecule has 4 rings (SSSR count). The van der Waals surface area contributed by atoms with Crippen molar-refractivity contribution >= 4 is 24.0 Å². The van der Waals surface area contributed by atoms with Crippen molar-refractivity contribution in [1.82, 2.24) is 9.80 Å². The molecular formula is C26H33ClF3N3O2. The average molecular weight is 512 g/mol. The minimum atomic E-state index is -4.32. The van der Waals surface area contributed by atoms with Crippen molar-refractivity contribution in [3.8, 4) is 0 Å². The van der Waals surface area contributed by atoms with Crippen LogP contribution in [0.15, 0.2) is 42.5 Å². The third-order valence-corrected chi connectivity index (χ3v) is 6.80. The van der Waals surface area contributed by atoms with Crippen molar-refractivity contribution in [2.45, 2.75) is 51.6 Å². The highest BCUT2D eigenvalue weighted by molar-refractivity contribution is 5.85. The Morgan fingerprint density at radius 2 is 1.66 bits per heavy atom. The van der Waals surface area contributed by atoms with Gasteiger partial charge < -0.3 is 14.9 Å². The van der Waals surface area contributed by atoms with Crippen LogP contribution in [0.25, 0.3) is 0 Å². The number of amides is 1. The SMILES string of the molecule is Cl.O=C(CCCCCN1CCN(c2cccc(C(F)(F)F)c2)CC1)N1Cc2ccc(CO)cc2C1. The van der Waals surface area contributed by atoms with Crippen LogP contribution in [0, 0.1) is 0 Å². The maximum atomic E-state index is 13.0. The predicted octanol–water partition coefficient (Wildman–Crippen LogP) is 4.84. The first kappa shape index (κ1) is 27.3. The van der Waals surface area contributed by atoms with Crippen LogP contribution < -0.4 is 4.90 Å². The molecule has 2 aliphatic heterocycles. The Morgan fingerprint density at radius 1 is 0.914 bits per heavy atom. The molecule has 1 fully saturated rings. The second-order valence-corrected chi connectivity index (χ2v) is 9.20. The third-order valence-electron chi connectivity index (χ3n) is 6.80. The number of halogens is 4.